The van der Waals surface area contributed by atoms with Crippen LogP contribution in [0.2, 0.25) is 13.1 Å². The van der Waals surface area contributed by atoms with Crippen LogP contribution in [0.25, 0.3) is 10.8 Å². The first-order valence-corrected chi connectivity index (χ1v) is 14.2. The Morgan fingerprint density at radius 3 is 1.42 bits per heavy atom. The van der Waals surface area contributed by atoms with Crippen LogP contribution < -0.4 is 0 Å². The minimum atomic E-state index is -1.89. The molecule has 4 aromatic rings. The van der Waals surface area contributed by atoms with Gasteiger partial charge in [-0.2, -0.15) is 0 Å². The second-order valence-electron chi connectivity index (χ2n) is 9.02. The highest BCUT2D eigenvalue weighted by Gasteiger charge is 2.51. The van der Waals surface area contributed by atoms with E-state index in [1.807, 2.05) is 0 Å². The lowest BCUT2D eigenvalue weighted by molar-refractivity contribution is 0.811. The maximum absolute atomic E-state index is 2.57. The largest absolute Gasteiger partial charge is 0.0901 e. The van der Waals surface area contributed by atoms with E-state index >= 15 is 0 Å². The van der Waals surface area contributed by atoms with Crippen molar-refractivity contribution in [3.63, 3.8) is 0 Å². The van der Waals surface area contributed by atoms with E-state index in [2.05, 4.69) is 134 Å². The molecule has 0 spiro atoms. The van der Waals surface area contributed by atoms with Crippen molar-refractivity contribution in [2.75, 3.05) is 0 Å². The van der Waals surface area contributed by atoms with Gasteiger partial charge < -0.3 is 0 Å². The molecule has 0 fully saturated rings. The third kappa shape index (κ3) is 3.49. The molecule has 0 aromatic heterocycles. The van der Waals surface area contributed by atoms with Crippen LogP contribution in [0.3, 0.4) is 0 Å². The minimum absolute atomic E-state index is 0.350. The summed E-state index contributed by atoms with van der Waals surface area (Å²) in [5, 5.41) is 1.60. The standard InChI is InChI=1S/C30H28Si/c1-31(2)29(25-19-11-5-12-20-25)27(23-15-7-3-8-16-23)28(24-17-9-4-10-18-24)30(31)26-21-13-6-14-22-26/h3-22,27,29H,1-2H3. The fraction of sp³-hybridized carbons (Fsp3) is 0.133. The lowest BCUT2D eigenvalue weighted by atomic mass is 9.81. The lowest BCUT2D eigenvalue weighted by Gasteiger charge is -2.33. The average molecular weight is 417 g/mol. The summed E-state index contributed by atoms with van der Waals surface area (Å²) in [5.74, 6) is 0.350. The summed E-state index contributed by atoms with van der Waals surface area (Å²) in [7, 11) is -1.89. The highest BCUT2D eigenvalue weighted by atomic mass is 28.3. The molecule has 0 amide bonds. The molecule has 4 aromatic carbocycles. The zero-order valence-corrected chi connectivity index (χ0v) is 19.2. The zero-order chi connectivity index (χ0) is 21.3. The van der Waals surface area contributed by atoms with Crippen LogP contribution in [-0.2, 0) is 0 Å². The van der Waals surface area contributed by atoms with Crippen molar-refractivity contribution in [2.45, 2.75) is 24.6 Å². The molecule has 1 aliphatic heterocycles. The van der Waals surface area contributed by atoms with Crippen molar-refractivity contribution in [3.05, 3.63) is 144 Å². The second kappa shape index (κ2) is 8.17. The summed E-state index contributed by atoms with van der Waals surface area (Å²) in [5.41, 5.74) is 7.63. The molecule has 0 bridgehead atoms. The Labute approximate surface area is 186 Å². The van der Waals surface area contributed by atoms with Gasteiger partial charge in [-0.3, -0.25) is 0 Å². The molecule has 0 saturated carbocycles. The Hall–Kier alpha value is -3.16. The van der Waals surface area contributed by atoms with Crippen LogP contribution in [-0.4, -0.2) is 8.07 Å². The van der Waals surface area contributed by atoms with E-state index in [9.17, 15) is 0 Å². The van der Waals surface area contributed by atoms with Crippen molar-refractivity contribution in [1.82, 2.24) is 0 Å². The van der Waals surface area contributed by atoms with E-state index < -0.39 is 8.07 Å². The van der Waals surface area contributed by atoms with Crippen molar-refractivity contribution in [1.29, 1.82) is 0 Å². The van der Waals surface area contributed by atoms with Gasteiger partial charge in [0.15, 0.2) is 0 Å². The Bertz CT molecular complexity index is 1180. The number of hydrogen-bond acceptors (Lipinski definition) is 0. The third-order valence-electron chi connectivity index (χ3n) is 6.80. The summed E-state index contributed by atoms with van der Waals surface area (Å²) in [4.78, 5) is 0. The molecule has 31 heavy (non-hydrogen) atoms. The topological polar surface area (TPSA) is 0 Å². The Kier molecular flexibility index (Phi) is 5.21. The van der Waals surface area contributed by atoms with Gasteiger partial charge >= 0.3 is 0 Å². The van der Waals surface area contributed by atoms with Crippen LogP contribution in [0.15, 0.2) is 121 Å². The number of allylic oxidation sites excluding steroid dienone is 1. The second-order valence-corrected chi connectivity index (χ2v) is 13.6. The molecule has 152 valence electrons. The summed E-state index contributed by atoms with van der Waals surface area (Å²) >= 11 is 0. The molecule has 0 N–H and O–H groups in total. The molecule has 0 radical (unpaired) electrons. The van der Waals surface area contributed by atoms with Crippen molar-refractivity contribution < 1.29 is 0 Å². The van der Waals surface area contributed by atoms with Crippen LogP contribution >= 0.6 is 0 Å². The molecule has 0 saturated heterocycles. The highest BCUT2D eigenvalue weighted by molar-refractivity contribution is 6.98. The lowest BCUT2D eigenvalue weighted by Crippen LogP contribution is -2.35. The van der Waals surface area contributed by atoms with Crippen LogP contribution in [0, 0.1) is 0 Å². The predicted molar refractivity (Wildman–Crippen MR) is 136 cm³/mol. The first-order chi connectivity index (χ1) is 15.2. The zero-order valence-electron chi connectivity index (χ0n) is 18.2. The van der Waals surface area contributed by atoms with Crippen LogP contribution in [0.1, 0.15) is 33.7 Å². The van der Waals surface area contributed by atoms with Gasteiger partial charge in [0.2, 0.25) is 0 Å². The van der Waals surface area contributed by atoms with Gasteiger partial charge in [0, 0.05) is 5.92 Å². The van der Waals surface area contributed by atoms with E-state index in [-0.39, 0.29) is 0 Å². The van der Waals surface area contributed by atoms with E-state index in [0.29, 0.717) is 11.5 Å². The van der Waals surface area contributed by atoms with Crippen LogP contribution in [0.5, 0.6) is 0 Å². The number of benzene rings is 4. The molecular formula is C30H28Si. The molecule has 2 atom stereocenters. The quantitative estimate of drug-likeness (QED) is 0.296. The smallest absolute Gasteiger partial charge is 0.0649 e. The summed E-state index contributed by atoms with van der Waals surface area (Å²) in [6.07, 6.45) is 0. The summed E-state index contributed by atoms with van der Waals surface area (Å²) in [6, 6.07) is 44.5. The van der Waals surface area contributed by atoms with Crippen molar-refractivity contribution >= 4 is 18.8 Å². The number of rotatable bonds is 4. The molecule has 2 unspecified atom stereocenters. The fourth-order valence-electron chi connectivity index (χ4n) is 5.60. The molecule has 0 aliphatic carbocycles. The van der Waals surface area contributed by atoms with Crippen molar-refractivity contribution in [2.24, 2.45) is 0 Å². The first kappa shape index (κ1) is 19.8. The fourth-order valence-corrected chi connectivity index (χ4v) is 10.0. The van der Waals surface area contributed by atoms with Crippen molar-refractivity contribution in [3.8, 4) is 0 Å². The Morgan fingerprint density at radius 1 is 0.484 bits per heavy atom. The van der Waals surface area contributed by atoms with Crippen LogP contribution in [0.4, 0.5) is 0 Å². The van der Waals surface area contributed by atoms with Gasteiger partial charge in [-0.05, 0) is 38.6 Å². The Morgan fingerprint density at radius 2 is 0.903 bits per heavy atom. The van der Waals surface area contributed by atoms with Gasteiger partial charge in [0.25, 0.3) is 0 Å². The first-order valence-electron chi connectivity index (χ1n) is 11.1. The average Bonchev–Trinajstić information content (AvgIpc) is 3.08. The van der Waals surface area contributed by atoms with E-state index in [1.54, 1.807) is 5.20 Å². The van der Waals surface area contributed by atoms with Gasteiger partial charge in [-0.15, -0.1) is 0 Å². The minimum Gasteiger partial charge on any atom is -0.0649 e. The maximum Gasteiger partial charge on any atom is 0.0901 e. The molecule has 5 rings (SSSR count). The highest BCUT2D eigenvalue weighted by Crippen LogP contribution is 2.59. The Balaban J connectivity index is 1.85. The maximum atomic E-state index is 2.57. The molecule has 0 nitrogen and oxygen atoms in total. The molecule has 1 aliphatic rings. The third-order valence-corrected chi connectivity index (χ3v) is 10.9. The molecular weight excluding hydrogens is 388 g/mol. The van der Waals surface area contributed by atoms with Gasteiger partial charge in [0.1, 0.15) is 0 Å². The summed E-state index contributed by atoms with van der Waals surface area (Å²) < 4.78 is 0. The molecule has 1 heterocycles. The molecule has 1 heteroatoms. The van der Waals surface area contributed by atoms with E-state index in [1.165, 1.54) is 27.8 Å². The number of hydrogen-bond donors (Lipinski definition) is 0. The van der Waals surface area contributed by atoms with E-state index in [0.717, 1.165) is 0 Å². The normalized spacial score (nSPS) is 20.1. The SMILES string of the molecule is C[Si]1(C)C(c2ccccc2)=C(c2ccccc2)C(c2ccccc2)C1c1ccccc1. The predicted octanol–water partition coefficient (Wildman–Crippen LogP) is 7.97. The van der Waals surface area contributed by atoms with Gasteiger partial charge in [-0.1, -0.05) is 134 Å². The summed E-state index contributed by atoms with van der Waals surface area (Å²) in [6.45, 7) is 5.14. The monoisotopic (exact) mass is 416 g/mol. The van der Waals surface area contributed by atoms with Gasteiger partial charge in [-0.25, -0.2) is 0 Å². The van der Waals surface area contributed by atoms with E-state index in [4.69, 9.17) is 0 Å². The van der Waals surface area contributed by atoms with Gasteiger partial charge in [0.05, 0.1) is 8.07 Å².